The third-order valence-electron chi connectivity index (χ3n) is 3.02. The highest BCUT2D eigenvalue weighted by Crippen LogP contribution is 2.29. The van der Waals surface area contributed by atoms with E-state index in [1.54, 1.807) is 19.0 Å². The molecule has 7 heteroatoms. The van der Waals surface area contributed by atoms with Crippen molar-refractivity contribution >= 4 is 29.3 Å². The zero-order chi connectivity index (χ0) is 15.6. The van der Waals surface area contributed by atoms with Gasteiger partial charge in [-0.15, -0.1) is 10.2 Å². The van der Waals surface area contributed by atoms with E-state index in [9.17, 15) is 4.79 Å². The average Bonchev–Trinajstić information content (AvgIpc) is 2.80. The standard InChI is InChI=1S/C14H17ClN4OS/c1-9(13(20)18(2)3)21-14-17-16-12(19(14)4)10-7-5-6-8-11(10)15/h5-9H,1-4H3/t9-/m0/s1. The van der Waals surface area contributed by atoms with E-state index in [0.717, 1.165) is 5.56 Å². The summed E-state index contributed by atoms with van der Waals surface area (Å²) in [6, 6.07) is 7.49. The van der Waals surface area contributed by atoms with Gasteiger partial charge in [-0.2, -0.15) is 0 Å². The lowest BCUT2D eigenvalue weighted by Gasteiger charge is -2.15. The molecule has 0 bridgehead atoms. The monoisotopic (exact) mass is 324 g/mol. The third-order valence-corrected chi connectivity index (χ3v) is 4.47. The Labute approximate surface area is 133 Å². The Morgan fingerprint density at radius 2 is 2.00 bits per heavy atom. The molecule has 0 saturated carbocycles. The van der Waals surface area contributed by atoms with Gasteiger partial charge in [0.1, 0.15) is 0 Å². The second kappa shape index (κ2) is 6.49. The molecule has 1 atom stereocenters. The number of nitrogens with zero attached hydrogens (tertiary/aromatic N) is 4. The predicted octanol–water partition coefficient (Wildman–Crippen LogP) is 2.70. The number of benzene rings is 1. The van der Waals surface area contributed by atoms with Gasteiger partial charge < -0.3 is 9.47 Å². The molecule has 0 spiro atoms. The van der Waals surface area contributed by atoms with Crippen LogP contribution in [0.25, 0.3) is 11.4 Å². The summed E-state index contributed by atoms with van der Waals surface area (Å²) in [5.74, 6) is 0.731. The third kappa shape index (κ3) is 3.39. The second-order valence-corrected chi connectivity index (χ2v) is 6.55. The molecule has 0 saturated heterocycles. The number of hydrogen-bond donors (Lipinski definition) is 0. The SMILES string of the molecule is C[C@H](Sc1nnc(-c2ccccc2Cl)n1C)C(=O)N(C)C. The van der Waals surface area contributed by atoms with E-state index in [4.69, 9.17) is 11.6 Å². The largest absolute Gasteiger partial charge is 0.348 e. The van der Waals surface area contributed by atoms with Crippen LogP contribution in [0.4, 0.5) is 0 Å². The van der Waals surface area contributed by atoms with Gasteiger partial charge in [0.15, 0.2) is 11.0 Å². The van der Waals surface area contributed by atoms with Crippen LogP contribution in [0.5, 0.6) is 0 Å². The van der Waals surface area contributed by atoms with Gasteiger partial charge in [0.2, 0.25) is 5.91 Å². The van der Waals surface area contributed by atoms with E-state index in [2.05, 4.69) is 10.2 Å². The quantitative estimate of drug-likeness (QED) is 0.811. The van der Waals surface area contributed by atoms with E-state index >= 15 is 0 Å². The summed E-state index contributed by atoms with van der Waals surface area (Å²) < 4.78 is 1.85. The first-order valence-corrected chi connectivity index (χ1v) is 7.69. The molecule has 21 heavy (non-hydrogen) atoms. The molecular formula is C14H17ClN4OS. The molecule has 0 aliphatic heterocycles. The van der Waals surface area contributed by atoms with Crippen LogP contribution in [0.2, 0.25) is 5.02 Å². The summed E-state index contributed by atoms with van der Waals surface area (Å²) in [4.78, 5) is 13.5. The highest BCUT2D eigenvalue weighted by Gasteiger charge is 2.20. The number of aromatic nitrogens is 3. The van der Waals surface area contributed by atoms with E-state index in [1.165, 1.54) is 11.8 Å². The van der Waals surface area contributed by atoms with E-state index < -0.39 is 0 Å². The zero-order valence-corrected chi connectivity index (χ0v) is 13.9. The number of carbonyl (C=O) groups excluding carboxylic acids is 1. The Bertz CT molecular complexity index is 656. The van der Waals surface area contributed by atoms with Crippen LogP contribution < -0.4 is 0 Å². The van der Waals surface area contributed by atoms with Crippen molar-refractivity contribution in [1.82, 2.24) is 19.7 Å². The van der Waals surface area contributed by atoms with Crippen molar-refractivity contribution in [2.45, 2.75) is 17.3 Å². The zero-order valence-electron chi connectivity index (χ0n) is 12.4. The minimum Gasteiger partial charge on any atom is -0.348 e. The maximum Gasteiger partial charge on any atom is 0.235 e. The van der Waals surface area contributed by atoms with Crippen molar-refractivity contribution in [2.75, 3.05) is 14.1 Å². The van der Waals surface area contributed by atoms with Gasteiger partial charge in [-0.25, -0.2) is 0 Å². The van der Waals surface area contributed by atoms with Crippen LogP contribution in [-0.2, 0) is 11.8 Å². The Morgan fingerprint density at radius 1 is 1.33 bits per heavy atom. The van der Waals surface area contributed by atoms with Gasteiger partial charge in [0, 0.05) is 26.7 Å². The fourth-order valence-electron chi connectivity index (χ4n) is 1.87. The van der Waals surface area contributed by atoms with E-state index in [-0.39, 0.29) is 11.2 Å². The van der Waals surface area contributed by atoms with Crippen LogP contribution in [-0.4, -0.2) is 44.9 Å². The van der Waals surface area contributed by atoms with Crippen LogP contribution in [0, 0.1) is 0 Å². The summed E-state index contributed by atoms with van der Waals surface area (Å²) in [7, 11) is 5.35. The number of amides is 1. The molecule has 2 rings (SSSR count). The summed E-state index contributed by atoms with van der Waals surface area (Å²) in [5, 5.41) is 9.44. The normalized spacial score (nSPS) is 12.2. The van der Waals surface area contributed by atoms with Gasteiger partial charge in [-0.05, 0) is 19.1 Å². The number of carbonyl (C=O) groups is 1. The van der Waals surface area contributed by atoms with Gasteiger partial charge >= 0.3 is 0 Å². The fraction of sp³-hybridized carbons (Fsp3) is 0.357. The summed E-state index contributed by atoms with van der Waals surface area (Å²) >= 11 is 7.57. The summed E-state index contributed by atoms with van der Waals surface area (Å²) in [5.41, 5.74) is 0.826. The minimum absolute atomic E-state index is 0.0438. The van der Waals surface area contributed by atoms with Gasteiger partial charge in [-0.1, -0.05) is 35.5 Å². The Morgan fingerprint density at radius 3 is 2.62 bits per heavy atom. The number of rotatable bonds is 4. The van der Waals surface area contributed by atoms with Crippen LogP contribution >= 0.6 is 23.4 Å². The molecule has 1 heterocycles. The highest BCUT2D eigenvalue weighted by atomic mass is 35.5. The average molecular weight is 325 g/mol. The molecule has 1 amide bonds. The van der Waals surface area contributed by atoms with Crippen LogP contribution in [0.3, 0.4) is 0 Å². The summed E-state index contributed by atoms with van der Waals surface area (Å²) in [6.07, 6.45) is 0. The van der Waals surface area contributed by atoms with Crippen molar-refractivity contribution in [3.63, 3.8) is 0 Å². The lowest BCUT2D eigenvalue weighted by molar-refractivity contribution is -0.127. The Balaban J connectivity index is 2.26. The Kier molecular flexibility index (Phi) is 4.90. The first-order valence-electron chi connectivity index (χ1n) is 6.44. The summed E-state index contributed by atoms with van der Waals surface area (Å²) in [6.45, 7) is 1.86. The van der Waals surface area contributed by atoms with Crippen molar-refractivity contribution < 1.29 is 4.79 Å². The number of halogens is 1. The maximum atomic E-state index is 11.9. The van der Waals surface area contributed by atoms with Gasteiger partial charge in [0.05, 0.1) is 10.3 Å². The lowest BCUT2D eigenvalue weighted by Crippen LogP contribution is -2.29. The molecule has 0 aliphatic carbocycles. The van der Waals surface area contributed by atoms with Crippen molar-refractivity contribution in [2.24, 2.45) is 7.05 Å². The molecule has 2 aromatic rings. The minimum atomic E-state index is -0.220. The molecular weight excluding hydrogens is 308 g/mol. The van der Waals surface area contributed by atoms with Crippen molar-refractivity contribution in [3.8, 4) is 11.4 Å². The van der Waals surface area contributed by atoms with Crippen molar-refractivity contribution in [1.29, 1.82) is 0 Å². The molecule has 1 aromatic heterocycles. The molecule has 0 fully saturated rings. The van der Waals surface area contributed by atoms with E-state index in [1.807, 2.05) is 42.8 Å². The topological polar surface area (TPSA) is 51.0 Å². The first kappa shape index (κ1) is 15.9. The molecule has 0 aliphatic rings. The molecule has 0 unspecified atom stereocenters. The molecule has 0 radical (unpaired) electrons. The number of thioether (sulfide) groups is 1. The smallest absolute Gasteiger partial charge is 0.235 e. The molecule has 5 nitrogen and oxygen atoms in total. The second-order valence-electron chi connectivity index (χ2n) is 4.84. The lowest BCUT2D eigenvalue weighted by atomic mass is 10.2. The molecule has 112 valence electrons. The van der Waals surface area contributed by atoms with Crippen LogP contribution in [0.15, 0.2) is 29.4 Å². The highest BCUT2D eigenvalue weighted by molar-refractivity contribution is 8.00. The van der Waals surface area contributed by atoms with Gasteiger partial charge in [-0.3, -0.25) is 4.79 Å². The first-order chi connectivity index (χ1) is 9.91. The predicted molar refractivity (Wildman–Crippen MR) is 85.5 cm³/mol. The molecule has 0 N–H and O–H groups in total. The van der Waals surface area contributed by atoms with Crippen LogP contribution in [0.1, 0.15) is 6.92 Å². The van der Waals surface area contributed by atoms with E-state index in [0.29, 0.717) is 16.0 Å². The Hall–Kier alpha value is -1.53. The maximum absolute atomic E-state index is 11.9. The van der Waals surface area contributed by atoms with Gasteiger partial charge in [0.25, 0.3) is 0 Å². The molecule has 1 aromatic carbocycles. The number of hydrogen-bond acceptors (Lipinski definition) is 4. The fourth-order valence-corrected chi connectivity index (χ4v) is 3.05. The van der Waals surface area contributed by atoms with Crippen molar-refractivity contribution in [3.05, 3.63) is 29.3 Å².